The number of fused-ring (bicyclic) bond motifs is 1. The molecule has 0 saturated heterocycles. The number of carbonyl (C=O) groups is 2. The van der Waals surface area contributed by atoms with E-state index in [0.717, 1.165) is 22.0 Å². The molecule has 3 aromatic rings. The van der Waals surface area contributed by atoms with Gasteiger partial charge in [0.15, 0.2) is 0 Å². The van der Waals surface area contributed by atoms with E-state index in [1.54, 1.807) is 6.08 Å². The highest BCUT2D eigenvalue weighted by Crippen LogP contribution is 2.21. The molecule has 0 saturated carbocycles. The molecule has 3 rings (SSSR count). The standard InChI is InChI=1S/C23H25N3O2/c1-17(2)14-22(27)24-12-13-25-23(28)21-15-19-10-6-7-11-20(19)26(21)16-18-8-4-3-5-9-18/h3-11,14-15H,12-13,16H2,1-2H3,(H,24,27)(H,25,28). The first-order valence-electron chi connectivity index (χ1n) is 9.38. The van der Waals surface area contributed by atoms with Gasteiger partial charge < -0.3 is 15.2 Å². The van der Waals surface area contributed by atoms with Gasteiger partial charge in [-0.15, -0.1) is 0 Å². The van der Waals surface area contributed by atoms with E-state index in [1.807, 2.05) is 66.9 Å². The SMILES string of the molecule is CC(C)=CC(=O)NCCNC(=O)c1cc2ccccc2n1Cc1ccccc1. The van der Waals surface area contributed by atoms with Crippen molar-refractivity contribution in [3.63, 3.8) is 0 Å². The van der Waals surface area contributed by atoms with E-state index in [2.05, 4.69) is 22.8 Å². The highest BCUT2D eigenvalue weighted by atomic mass is 16.2. The summed E-state index contributed by atoms with van der Waals surface area (Å²) >= 11 is 0. The largest absolute Gasteiger partial charge is 0.351 e. The van der Waals surface area contributed by atoms with Crippen molar-refractivity contribution in [3.8, 4) is 0 Å². The number of allylic oxidation sites excluding steroid dienone is 1. The summed E-state index contributed by atoms with van der Waals surface area (Å²) in [5, 5.41) is 6.69. The first-order chi connectivity index (χ1) is 13.5. The summed E-state index contributed by atoms with van der Waals surface area (Å²) < 4.78 is 2.03. The quantitative estimate of drug-likeness (QED) is 0.490. The van der Waals surface area contributed by atoms with Crippen molar-refractivity contribution in [1.29, 1.82) is 0 Å². The number of hydrogen-bond donors (Lipinski definition) is 2. The lowest BCUT2D eigenvalue weighted by molar-refractivity contribution is -0.116. The monoisotopic (exact) mass is 375 g/mol. The molecule has 2 aromatic carbocycles. The molecule has 0 aliphatic heterocycles. The molecule has 0 radical (unpaired) electrons. The third kappa shape index (κ3) is 4.88. The molecule has 1 heterocycles. The molecular weight excluding hydrogens is 350 g/mol. The van der Waals surface area contributed by atoms with Crippen molar-refractivity contribution in [3.05, 3.63) is 83.6 Å². The first kappa shape index (κ1) is 19.4. The second kappa shape index (κ2) is 9.04. The molecular formula is C23H25N3O2. The number of hydrogen-bond acceptors (Lipinski definition) is 2. The summed E-state index contributed by atoms with van der Waals surface area (Å²) in [5.41, 5.74) is 3.70. The van der Waals surface area contributed by atoms with Crippen LogP contribution in [0.1, 0.15) is 29.9 Å². The van der Waals surface area contributed by atoms with Gasteiger partial charge in [-0.1, -0.05) is 54.1 Å². The van der Waals surface area contributed by atoms with E-state index in [9.17, 15) is 9.59 Å². The van der Waals surface area contributed by atoms with Gasteiger partial charge in [0.2, 0.25) is 5.91 Å². The normalized spacial score (nSPS) is 10.5. The van der Waals surface area contributed by atoms with Crippen LogP contribution >= 0.6 is 0 Å². The van der Waals surface area contributed by atoms with E-state index in [-0.39, 0.29) is 11.8 Å². The molecule has 0 atom stereocenters. The number of aromatic nitrogens is 1. The molecule has 2 N–H and O–H groups in total. The van der Waals surface area contributed by atoms with Gasteiger partial charge in [-0.05, 0) is 31.5 Å². The van der Waals surface area contributed by atoms with Crippen LogP contribution in [0.4, 0.5) is 0 Å². The van der Waals surface area contributed by atoms with Gasteiger partial charge in [-0.2, -0.15) is 0 Å². The van der Waals surface area contributed by atoms with E-state index in [0.29, 0.717) is 25.3 Å². The maximum absolute atomic E-state index is 12.8. The van der Waals surface area contributed by atoms with Crippen LogP contribution in [0.5, 0.6) is 0 Å². The fourth-order valence-corrected chi connectivity index (χ4v) is 3.10. The summed E-state index contributed by atoms with van der Waals surface area (Å²) in [6.07, 6.45) is 1.54. The minimum absolute atomic E-state index is 0.146. The predicted molar refractivity (Wildman–Crippen MR) is 112 cm³/mol. The summed E-state index contributed by atoms with van der Waals surface area (Å²) in [5.74, 6) is -0.295. The Labute approximate surface area is 165 Å². The zero-order valence-corrected chi connectivity index (χ0v) is 16.2. The van der Waals surface area contributed by atoms with Crippen molar-refractivity contribution in [2.24, 2.45) is 0 Å². The zero-order valence-electron chi connectivity index (χ0n) is 16.2. The Bertz CT molecular complexity index is 999. The van der Waals surface area contributed by atoms with E-state index in [4.69, 9.17) is 0 Å². The predicted octanol–water partition coefficient (Wildman–Crippen LogP) is 3.50. The Hall–Kier alpha value is -3.34. The second-order valence-corrected chi connectivity index (χ2v) is 6.93. The van der Waals surface area contributed by atoms with Gasteiger partial charge in [0.25, 0.3) is 5.91 Å². The van der Waals surface area contributed by atoms with Gasteiger partial charge >= 0.3 is 0 Å². The van der Waals surface area contributed by atoms with Gasteiger partial charge in [0, 0.05) is 36.6 Å². The van der Waals surface area contributed by atoms with Crippen LogP contribution in [-0.4, -0.2) is 29.5 Å². The summed E-state index contributed by atoms with van der Waals surface area (Å²) in [6.45, 7) is 5.11. The average molecular weight is 375 g/mol. The molecule has 1 aromatic heterocycles. The van der Waals surface area contributed by atoms with Crippen LogP contribution in [0.15, 0.2) is 72.3 Å². The summed E-state index contributed by atoms with van der Waals surface area (Å²) in [6, 6.07) is 20.0. The molecule has 0 bridgehead atoms. The Morgan fingerprint density at radius 3 is 2.36 bits per heavy atom. The van der Waals surface area contributed by atoms with Gasteiger partial charge in [0.05, 0.1) is 0 Å². The van der Waals surface area contributed by atoms with Crippen LogP contribution in [-0.2, 0) is 11.3 Å². The molecule has 0 aliphatic rings. The topological polar surface area (TPSA) is 63.1 Å². The highest BCUT2D eigenvalue weighted by Gasteiger charge is 2.15. The average Bonchev–Trinajstić information content (AvgIpc) is 3.04. The molecule has 0 spiro atoms. The summed E-state index contributed by atoms with van der Waals surface area (Å²) in [7, 11) is 0. The van der Waals surface area contributed by atoms with Crippen LogP contribution in [0, 0.1) is 0 Å². The maximum atomic E-state index is 12.8. The highest BCUT2D eigenvalue weighted by molar-refractivity contribution is 5.98. The van der Waals surface area contributed by atoms with Crippen LogP contribution in [0.25, 0.3) is 10.9 Å². The number of para-hydroxylation sites is 1. The number of nitrogens with one attached hydrogen (secondary N) is 2. The molecule has 0 aliphatic carbocycles. The van der Waals surface area contributed by atoms with Crippen LogP contribution in [0.2, 0.25) is 0 Å². The second-order valence-electron chi connectivity index (χ2n) is 6.93. The van der Waals surface area contributed by atoms with E-state index >= 15 is 0 Å². The number of benzene rings is 2. The molecule has 5 nitrogen and oxygen atoms in total. The fraction of sp³-hybridized carbons (Fsp3) is 0.217. The van der Waals surface area contributed by atoms with Gasteiger partial charge in [-0.3, -0.25) is 9.59 Å². The molecule has 0 unspecified atom stereocenters. The lowest BCUT2D eigenvalue weighted by atomic mass is 10.2. The number of rotatable bonds is 7. The van der Waals surface area contributed by atoms with E-state index in [1.165, 1.54) is 0 Å². The zero-order chi connectivity index (χ0) is 19.9. The molecule has 28 heavy (non-hydrogen) atoms. The number of carbonyl (C=O) groups excluding carboxylic acids is 2. The summed E-state index contributed by atoms with van der Waals surface area (Å²) in [4.78, 5) is 24.4. The third-order valence-corrected chi connectivity index (χ3v) is 4.36. The maximum Gasteiger partial charge on any atom is 0.268 e. The lowest BCUT2D eigenvalue weighted by Gasteiger charge is -2.11. The molecule has 5 heteroatoms. The third-order valence-electron chi connectivity index (χ3n) is 4.36. The Balaban J connectivity index is 1.72. The van der Waals surface area contributed by atoms with Crippen molar-refractivity contribution < 1.29 is 9.59 Å². The Morgan fingerprint density at radius 2 is 1.61 bits per heavy atom. The Morgan fingerprint density at radius 1 is 0.929 bits per heavy atom. The van der Waals surface area contributed by atoms with Crippen LogP contribution < -0.4 is 10.6 Å². The van der Waals surface area contributed by atoms with Gasteiger partial charge in [-0.25, -0.2) is 0 Å². The minimum Gasteiger partial charge on any atom is -0.351 e. The smallest absolute Gasteiger partial charge is 0.268 e. The molecule has 0 fully saturated rings. The Kier molecular flexibility index (Phi) is 6.27. The van der Waals surface area contributed by atoms with Crippen LogP contribution in [0.3, 0.4) is 0 Å². The first-order valence-corrected chi connectivity index (χ1v) is 9.38. The van der Waals surface area contributed by atoms with Crippen molar-refractivity contribution in [2.75, 3.05) is 13.1 Å². The van der Waals surface area contributed by atoms with Crippen molar-refractivity contribution in [1.82, 2.24) is 15.2 Å². The number of nitrogens with zero attached hydrogens (tertiary/aromatic N) is 1. The fourth-order valence-electron chi connectivity index (χ4n) is 3.10. The molecule has 144 valence electrons. The van der Waals surface area contributed by atoms with Gasteiger partial charge in [0.1, 0.15) is 5.69 Å². The number of amides is 2. The minimum atomic E-state index is -0.149. The lowest BCUT2D eigenvalue weighted by Crippen LogP contribution is -2.35. The van der Waals surface area contributed by atoms with Crippen molar-refractivity contribution in [2.45, 2.75) is 20.4 Å². The van der Waals surface area contributed by atoms with Crippen molar-refractivity contribution >= 4 is 22.7 Å². The molecule has 2 amide bonds. The van der Waals surface area contributed by atoms with E-state index < -0.39 is 0 Å².